The number of nitrogens with zero attached hydrogens (tertiary/aromatic N) is 1. The minimum atomic E-state index is -0.189. The number of rotatable bonds is 9. The quantitative estimate of drug-likeness (QED) is 0.288. The highest BCUT2D eigenvalue weighted by Crippen LogP contribution is 2.28. The van der Waals surface area contributed by atoms with Crippen LogP contribution in [0.2, 0.25) is 0 Å². The molecule has 2 rings (SSSR count). The average molecular weight is 335 g/mol. The van der Waals surface area contributed by atoms with Gasteiger partial charge in [0.15, 0.2) is 5.96 Å². The molecule has 0 bridgehead atoms. The zero-order valence-electron chi connectivity index (χ0n) is 13.9. The minimum Gasteiger partial charge on any atom is -0.467 e. The highest BCUT2D eigenvalue weighted by atomic mass is 16.3. The molecule has 1 aliphatic rings. The summed E-state index contributed by atoms with van der Waals surface area (Å²) in [5.74, 6) is 1.39. The van der Waals surface area contributed by atoms with Crippen LogP contribution in [0.4, 0.5) is 0 Å². The molecule has 1 fully saturated rings. The molecule has 0 unspecified atom stereocenters. The highest BCUT2D eigenvalue weighted by molar-refractivity contribution is 5.85. The van der Waals surface area contributed by atoms with Gasteiger partial charge >= 0.3 is 0 Å². The Morgan fingerprint density at radius 3 is 2.67 bits per heavy atom. The van der Waals surface area contributed by atoms with Crippen molar-refractivity contribution in [2.75, 3.05) is 26.2 Å². The number of carbonyl (C=O) groups excluding carboxylic acids is 2. The Balaban J connectivity index is 1.64. The van der Waals surface area contributed by atoms with Crippen molar-refractivity contribution in [2.24, 2.45) is 10.9 Å². The van der Waals surface area contributed by atoms with Gasteiger partial charge in [-0.3, -0.25) is 9.59 Å². The molecule has 0 atom stereocenters. The van der Waals surface area contributed by atoms with Crippen molar-refractivity contribution in [2.45, 2.75) is 26.3 Å². The fraction of sp³-hybridized carbons (Fsp3) is 0.562. The van der Waals surface area contributed by atoms with Crippen molar-refractivity contribution in [1.29, 1.82) is 0 Å². The zero-order chi connectivity index (χ0) is 17.2. The van der Waals surface area contributed by atoms with Gasteiger partial charge in [0.1, 0.15) is 12.3 Å². The summed E-state index contributed by atoms with van der Waals surface area (Å²) < 4.78 is 5.14. The lowest BCUT2D eigenvalue weighted by atomic mass is 10.4. The van der Waals surface area contributed by atoms with E-state index < -0.39 is 0 Å². The molecule has 0 aromatic carbocycles. The first-order valence-electron chi connectivity index (χ1n) is 8.28. The van der Waals surface area contributed by atoms with Crippen molar-refractivity contribution in [1.82, 2.24) is 21.3 Å². The van der Waals surface area contributed by atoms with Gasteiger partial charge in [-0.25, -0.2) is 4.99 Å². The van der Waals surface area contributed by atoms with Crippen LogP contribution < -0.4 is 21.3 Å². The summed E-state index contributed by atoms with van der Waals surface area (Å²) in [6.07, 6.45) is 3.56. The van der Waals surface area contributed by atoms with Crippen LogP contribution in [0.15, 0.2) is 27.8 Å². The van der Waals surface area contributed by atoms with Crippen LogP contribution in [0.1, 0.15) is 25.5 Å². The molecule has 1 heterocycles. The maximum absolute atomic E-state index is 11.8. The fourth-order valence-electron chi connectivity index (χ4n) is 2.00. The van der Waals surface area contributed by atoms with E-state index in [-0.39, 0.29) is 24.3 Å². The Bertz CT molecular complexity index is 552. The zero-order valence-corrected chi connectivity index (χ0v) is 13.9. The summed E-state index contributed by atoms with van der Waals surface area (Å²) in [6.45, 7) is 4.09. The van der Waals surface area contributed by atoms with Crippen LogP contribution in [0.5, 0.6) is 0 Å². The van der Waals surface area contributed by atoms with Crippen molar-refractivity contribution < 1.29 is 14.0 Å². The van der Waals surface area contributed by atoms with Gasteiger partial charge in [0.25, 0.3) is 0 Å². The van der Waals surface area contributed by atoms with Gasteiger partial charge in [-0.1, -0.05) is 0 Å². The summed E-state index contributed by atoms with van der Waals surface area (Å²) in [7, 11) is 0. The highest BCUT2D eigenvalue weighted by Gasteiger charge is 2.28. The number of carbonyl (C=O) groups is 2. The van der Waals surface area contributed by atoms with Crippen molar-refractivity contribution in [3.63, 3.8) is 0 Å². The van der Waals surface area contributed by atoms with Gasteiger partial charge < -0.3 is 25.7 Å². The van der Waals surface area contributed by atoms with Crippen LogP contribution in [0.3, 0.4) is 0 Å². The first-order chi connectivity index (χ1) is 11.7. The molecule has 1 aromatic rings. The molecule has 0 aliphatic heterocycles. The van der Waals surface area contributed by atoms with Crippen LogP contribution in [-0.4, -0.2) is 44.0 Å². The number of furan rings is 1. The van der Waals surface area contributed by atoms with Crippen molar-refractivity contribution >= 4 is 17.8 Å². The molecule has 1 aromatic heterocycles. The van der Waals surface area contributed by atoms with Gasteiger partial charge in [0.2, 0.25) is 11.8 Å². The van der Waals surface area contributed by atoms with E-state index in [1.165, 1.54) is 0 Å². The third-order valence-electron chi connectivity index (χ3n) is 3.43. The summed E-state index contributed by atoms with van der Waals surface area (Å²) >= 11 is 0. The van der Waals surface area contributed by atoms with Crippen LogP contribution in [0, 0.1) is 5.92 Å². The molecular formula is C16H25N5O3. The van der Waals surface area contributed by atoms with Crippen LogP contribution in [-0.2, 0) is 16.1 Å². The topological polar surface area (TPSA) is 108 Å². The van der Waals surface area contributed by atoms with E-state index >= 15 is 0 Å². The number of aliphatic imine (C=N–C) groups is 1. The Morgan fingerprint density at radius 2 is 2.00 bits per heavy atom. The van der Waals surface area contributed by atoms with E-state index in [1.807, 2.05) is 6.92 Å². The summed E-state index contributed by atoms with van der Waals surface area (Å²) in [5.41, 5.74) is 0. The van der Waals surface area contributed by atoms with Crippen LogP contribution in [0.25, 0.3) is 0 Å². The summed E-state index contributed by atoms with van der Waals surface area (Å²) in [4.78, 5) is 27.5. The standard InChI is InChI=1S/C16H25N5O3/c1-2-17-16(19-8-7-18-15(23)12-5-6-12)21-11-14(22)20-10-13-4-3-9-24-13/h3-4,9,12H,2,5-8,10-11H2,1H3,(H,18,23)(H,20,22)(H2,17,19,21). The Morgan fingerprint density at radius 1 is 1.21 bits per heavy atom. The molecule has 0 spiro atoms. The molecule has 4 N–H and O–H groups in total. The van der Waals surface area contributed by atoms with E-state index in [2.05, 4.69) is 26.3 Å². The molecule has 0 saturated heterocycles. The van der Waals surface area contributed by atoms with Crippen molar-refractivity contribution in [3.8, 4) is 0 Å². The van der Waals surface area contributed by atoms with Crippen molar-refractivity contribution in [3.05, 3.63) is 24.2 Å². The second kappa shape index (κ2) is 9.59. The fourth-order valence-corrected chi connectivity index (χ4v) is 2.00. The Kier molecular flexibility index (Phi) is 7.13. The lowest BCUT2D eigenvalue weighted by Crippen LogP contribution is -2.42. The van der Waals surface area contributed by atoms with E-state index in [9.17, 15) is 9.59 Å². The predicted molar refractivity (Wildman–Crippen MR) is 90.3 cm³/mol. The molecule has 24 heavy (non-hydrogen) atoms. The largest absolute Gasteiger partial charge is 0.467 e. The second-order valence-corrected chi connectivity index (χ2v) is 5.54. The van der Waals surface area contributed by atoms with E-state index in [0.29, 0.717) is 37.9 Å². The normalized spacial score (nSPS) is 14.1. The Labute approximate surface area is 141 Å². The molecule has 8 heteroatoms. The van der Waals surface area contributed by atoms with Gasteiger partial charge in [0.05, 0.1) is 12.8 Å². The third kappa shape index (κ3) is 6.72. The number of nitrogens with one attached hydrogen (secondary N) is 4. The first kappa shape index (κ1) is 17.8. The van der Waals surface area contributed by atoms with Gasteiger partial charge in [-0.2, -0.15) is 0 Å². The summed E-state index contributed by atoms with van der Waals surface area (Å²) in [6, 6.07) is 3.57. The van der Waals surface area contributed by atoms with E-state index in [4.69, 9.17) is 4.42 Å². The summed E-state index contributed by atoms with van der Waals surface area (Å²) in [5, 5.41) is 11.7. The molecule has 132 valence electrons. The average Bonchev–Trinajstić information content (AvgIpc) is 3.30. The maximum atomic E-state index is 11.8. The van der Waals surface area contributed by atoms with Gasteiger partial charge in [-0.15, -0.1) is 0 Å². The lowest BCUT2D eigenvalue weighted by molar-refractivity contribution is -0.122. The van der Waals surface area contributed by atoms with Crippen LogP contribution >= 0.6 is 0 Å². The van der Waals surface area contributed by atoms with Gasteiger partial charge in [0, 0.05) is 25.6 Å². The molecular weight excluding hydrogens is 310 g/mol. The van der Waals surface area contributed by atoms with E-state index in [0.717, 1.165) is 12.8 Å². The predicted octanol–water partition coefficient (Wildman–Crippen LogP) is -0.0229. The molecule has 1 aliphatic carbocycles. The Hall–Kier alpha value is -2.51. The maximum Gasteiger partial charge on any atom is 0.242 e. The molecule has 8 nitrogen and oxygen atoms in total. The number of guanidine groups is 1. The molecule has 2 amide bonds. The second-order valence-electron chi connectivity index (χ2n) is 5.54. The number of hydrogen-bond donors (Lipinski definition) is 4. The number of hydrogen-bond acceptors (Lipinski definition) is 4. The minimum absolute atomic E-state index is 0.0183. The monoisotopic (exact) mass is 335 g/mol. The first-order valence-corrected chi connectivity index (χ1v) is 8.28. The third-order valence-corrected chi connectivity index (χ3v) is 3.43. The lowest BCUT2D eigenvalue weighted by Gasteiger charge is -2.11. The molecule has 0 radical (unpaired) electrons. The van der Waals surface area contributed by atoms with E-state index in [1.54, 1.807) is 18.4 Å². The van der Waals surface area contributed by atoms with Gasteiger partial charge in [-0.05, 0) is 31.9 Å². The number of amides is 2. The molecule has 1 saturated carbocycles. The smallest absolute Gasteiger partial charge is 0.242 e. The SMILES string of the molecule is CCNC(=NCC(=O)NCc1ccco1)NCCNC(=O)C1CC1.